The van der Waals surface area contributed by atoms with Crippen LogP contribution in [0.15, 0.2) is 12.5 Å². The fourth-order valence-corrected chi connectivity index (χ4v) is 1.73. The SMILES string of the molecule is CC(C)c1cncn1C1CCC1. The van der Waals surface area contributed by atoms with Gasteiger partial charge in [-0.3, -0.25) is 0 Å². The second-order valence-corrected chi connectivity index (χ2v) is 3.97. The second-order valence-electron chi connectivity index (χ2n) is 3.97. The van der Waals surface area contributed by atoms with E-state index in [1.165, 1.54) is 25.0 Å². The summed E-state index contributed by atoms with van der Waals surface area (Å²) in [5, 5.41) is 0. The van der Waals surface area contributed by atoms with Crippen molar-refractivity contribution in [3.8, 4) is 0 Å². The maximum Gasteiger partial charge on any atom is 0.0950 e. The van der Waals surface area contributed by atoms with Gasteiger partial charge < -0.3 is 4.57 Å². The third-order valence-corrected chi connectivity index (χ3v) is 2.76. The van der Waals surface area contributed by atoms with E-state index < -0.39 is 0 Å². The van der Waals surface area contributed by atoms with Crippen LogP contribution in [0.4, 0.5) is 0 Å². The molecular weight excluding hydrogens is 148 g/mol. The molecular formula is C10H16N2. The van der Waals surface area contributed by atoms with Gasteiger partial charge in [0.25, 0.3) is 0 Å². The Bertz CT molecular complexity index is 259. The minimum absolute atomic E-state index is 0.605. The minimum atomic E-state index is 0.605. The van der Waals surface area contributed by atoms with Crippen LogP contribution < -0.4 is 0 Å². The van der Waals surface area contributed by atoms with Gasteiger partial charge >= 0.3 is 0 Å². The average Bonchev–Trinajstić information content (AvgIpc) is 2.31. The monoisotopic (exact) mass is 164 g/mol. The zero-order valence-electron chi connectivity index (χ0n) is 7.83. The molecule has 12 heavy (non-hydrogen) atoms. The van der Waals surface area contributed by atoms with E-state index in [1.54, 1.807) is 0 Å². The van der Waals surface area contributed by atoms with Gasteiger partial charge in [-0.2, -0.15) is 0 Å². The van der Waals surface area contributed by atoms with E-state index in [9.17, 15) is 0 Å². The molecule has 0 N–H and O–H groups in total. The molecule has 1 fully saturated rings. The predicted octanol–water partition coefficient (Wildman–Crippen LogP) is 2.73. The molecule has 0 saturated heterocycles. The number of nitrogens with zero attached hydrogens (tertiary/aromatic N) is 2. The molecule has 2 heteroatoms. The molecule has 0 amide bonds. The van der Waals surface area contributed by atoms with Gasteiger partial charge in [0.05, 0.1) is 6.33 Å². The zero-order chi connectivity index (χ0) is 8.55. The first-order valence-corrected chi connectivity index (χ1v) is 4.80. The molecule has 0 atom stereocenters. The van der Waals surface area contributed by atoms with Gasteiger partial charge in [-0.15, -0.1) is 0 Å². The van der Waals surface area contributed by atoms with Gasteiger partial charge in [-0.25, -0.2) is 4.98 Å². The Kier molecular flexibility index (Phi) is 1.91. The maximum absolute atomic E-state index is 4.21. The highest BCUT2D eigenvalue weighted by Crippen LogP contribution is 2.33. The van der Waals surface area contributed by atoms with E-state index in [1.807, 2.05) is 12.5 Å². The molecule has 0 spiro atoms. The van der Waals surface area contributed by atoms with Crippen molar-refractivity contribution >= 4 is 0 Å². The molecule has 1 aliphatic carbocycles. The third-order valence-electron chi connectivity index (χ3n) is 2.76. The van der Waals surface area contributed by atoms with Crippen molar-refractivity contribution in [1.82, 2.24) is 9.55 Å². The second kappa shape index (κ2) is 2.92. The van der Waals surface area contributed by atoms with Gasteiger partial charge in [0.15, 0.2) is 0 Å². The van der Waals surface area contributed by atoms with Crippen LogP contribution in [0.2, 0.25) is 0 Å². The fourth-order valence-electron chi connectivity index (χ4n) is 1.73. The number of hydrogen-bond acceptors (Lipinski definition) is 1. The first kappa shape index (κ1) is 7.84. The molecule has 0 aromatic carbocycles. The summed E-state index contributed by atoms with van der Waals surface area (Å²) in [6.45, 7) is 4.46. The highest BCUT2D eigenvalue weighted by molar-refractivity contribution is 5.06. The van der Waals surface area contributed by atoms with Crippen LogP contribution in [-0.2, 0) is 0 Å². The summed E-state index contributed by atoms with van der Waals surface area (Å²) in [6, 6.07) is 0.755. The molecule has 1 aromatic heterocycles. The van der Waals surface area contributed by atoms with E-state index in [0.29, 0.717) is 5.92 Å². The molecule has 1 aromatic rings. The quantitative estimate of drug-likeness (QED) is 0.657. The summed E-state index contributed by atoms with van der Waals surface area (Å²) >= 11 is 0. The maximum atomic E-state index is 4.21. The lowest BCUT2D eigenvalue weighted by Crippen LogP contribution is -2.18. The molecule has 0 bridgehead atoms. The number of imidazole rings is 1. The van der Waals surface area contributed by atoms with E-state index in [2.05, 4.69) is 23.4 Å². The van der Waals surface area contributed by atoms with E-state index in [-0.39, 0.29) is 0 Å². The van der Waals surface area contributed by atoms with Crippen molar-refractivity contribution in [3.05, 3.63) is 18.2 Å². The highest BCUT2D eigenvalue weighted by atomic mass is 15.1. The Balaban J connectivity index is 2.23. The van der Waals surface area contributed by atoms with Crippen LogP contribution in [0.1, 0.15) is 50.8 Å². The summed E-state index contributed by atoms with van der Waals surface area (Å²) in [4.78, 5) is 4.21. The molecule has 2 rings (SSSR count). The van der Waals surface area contributed by atoms with Gasteiger partial charge in [0.2, 0.25) is 0 Å². The molecule has 1 heterocycles. The van der Waals surface area contributed by atoms with Crippen LogP contribution in [0.3, 0.4) is 0 Å². The van der Waals surface area contributed by atoms with Crippen LogP contribution >= 0.6 is 0 Å². The Labute approximate surface area is 73.6 Å². The first-order chi connectivity index (χ1) is 5.79. The van der Waals surface area contributed by atoms with Crippen molar-refractivity contribution in [2.45, 2.75) is 45.1 Å². The van der Waals surface area contributed by atoms with Gasteiger partial charge in [0, 0.05) is 17.9 Å². The van der Waals surface area contributed by atoms with E-state index >= 15 is 0 Å². The van der Waals surface area contributed by atoms with E-state index in [4.69, 9.17) is 0 Å². The smallest absolute Gasteiger partial charge is 0.0950 e. The summed E-state index contributed by atoms with van der Waals surface area (Å²) in [5.41, 5.74) is 1.39. The first-order valence-electron chi connectivity index (χ1n) is 4.80. The molecule has 0 aliphatic heterocycles. The lowest BCUT2D eigenvalue weighted by Gasteiger charge is -2.29. The predicted molar refractivity (Wildman–Crippen MR) is 49.2 cm³/mol. The molecule has 1 saturated carbocycles. The Morgan fingerprint density at radius 1 is 1.50 bits per heavy atom. The van der Waals surface area contributed by atoms with Gasteiger partial charge in [-0.1, -0.05) is 13.8 Å². The topological polar surface area (TPSA) is 17.8 Å². The van der Waals surface area contributed by atoms with Crippen molar-refractivity contribution in [2.24, 2.45) is 0 Å². The average molecular weight is 164 g/mol. The number of rotatable bonds is 2. The molecule has 1 aliphatic rings. The lowest BCUT2D eigenvalue weighted by atomic mass is 9.92. The summed E-state index contributed by atoms with van der Waals surface area (Å²) in [7, 11) is 0. The van der Waals surface area contributed by atoms with Crippen molar-refractivity contribution < 1.29 is 0 Å². The van der Waals surface area contributed by atoms with Crippen molar-refractivity contribution in [3.63, 3.8) is 0 Å². The van der Waals surface area contributed by atoms with Gasteiger partial charge in [-0.05, 0) is 25.2 Å². The van der Waals surface area contributed by atoms with Crippen LogP contribution in [-0.4, -0.2) is 9.55 Å². The lowest BCUT2D eigenvalue weighted by molar-refractivity contribution is 0.304. The summed E-state index contributed by atoms with van der Waals surface area (Å²) < 4.78 is 2.36. The normalized spacial score (nSPS) is 18.2. The van der Waals surface area contributed by atoms with Crippen LogP contribution in [0, 0.1) is 0 Å². The Morgan fingerprint density at radius 3 is 2.75 bits per heavy atom. The fraction of sp³-hybridized carbons (Fsp3) is 0.700. The molecule has 0 unspecified atom stereocenters. The minimum Gasteiger partial charge on any atom is -0.331 e. The molecule has 66 valence electrons. The Morgan fingerprint density at radius 2 is 2.25 bits per heavy atom. The number of aromatic nitrogens is 2. The number of hydrogen-bond donors (Lipinski definition) is 0. The summed E-state index contributed by atoms with van der Waals surface area (Å²) in [5.74, 6) is 0.605. The third kappa shape index (κ3) is 1.15. The zero-order valence-corrected chi connectivity index (χ0v) is 7.83. The standard InChI is InChI=1S/C10H16N2/c1-8(2)10-6-11-7-12(10)9-4-3-5-9/h6-9H,3-5H2,1-2H3. The van der Waals surface area contributed by atoms with Crippen LogP contribution in [0.5, 0.6) is 0 Å². The largest absolute Gasteiger partial charge is 0.331 e. The highest BCUT2D eigenvalue weighted by Gasteiger charge is 2.21. The van der Waals surface area contributed by atoms with Gasteiger partial charge in [0.1, 0.15) is 0 Å². The van der Waals surface area contributed by atoms with Crippen LogP contribution in [0.25, 0.3) is 0 Å². The van der Waals surface area contributed by atoms with Crippen molar-refractivity contribution in [1.29, 1.82) is 0 Å². The molecule has 0 radical (unpaired) electrons. The summed E-state index contributed by atoms with van der Waals surface area (Å²) in [6.07, 6.45) is 8.06. The Hall–Kier alpha value is -0.790. The van der Waals surface area contributed by atoms with Crippen molar-refractivity contribution in [2.75, 3.05) is 0 Å². The molecule has 2 nitrogen and oxygen atoms in total. The van der Waals surface area contributed by atoms with E-state index in [0.717, 1.165) is 6.04 Å².